The van der Waals surface area contributed by atoms with Crippen LogP contribution in [-0.2, 0) is 22.5 Å². The zero-order chi connectivity index (χ0) is 9.41. The summed E-state index contributed by atoms with van der Waals surface area (Å²) in [5, 5.41) is 8.26. The van der Waals surface area contributed by atoms with Crippen molar-refractivity contribution in [1.82, 2.24) is 0 Å². The number of rotatable bonds is 3. The zero-order valence-corrected chi connectivity index (χ0v) is 13.3. The van der Waals surface area contributed by atoms with Crippen LogP contribution in [0.4, 0.5) is 0 Å². The first kappa shape index (κ1) is 18.6. The van der Waals surface area contributed by atoms with Crippen molar-refractivity contribution in [2.45, 2.75) is 6.29 Å². The standard InChI is InChI=1S/C2H6O8P2.2Na/c3-1-2-8-12(7,9-2)10-11(4,5)6;;/h2-3H,1H2,(H2,4,5,6);;/q;2*+1/p-2. The summed E-state index contributed by atoms with van der Waals surface area (Å²) in [7, 11) is -9.62. The Morgan fingerprint density at radius 1 is 1.43 bits per heavy atom. The van der Waals surface area contributed by atoms with Gasteiger partial charge in [-0.2, -0.15) is 0 Å². The predicted octanol–water partition coefficient (Wildman–Crippen LogP) is -7.69. The van der Waals surface area contributed by atoms with Crippen molar-refractivity contribution >= 4 is 15.6 Å². The van der Waals surface area contributed by atoms with Gasteiger partial charge >= 0.3 is 66.9 Å². The molecule has 12 heteroatoms. The number of hydrogen-bond acceptors (Lipinski definition) is 8. The van der Waals surface area contributed by atoms with Crippen LogP contribution in [0, 0.1) is 0 Å². The topological polar surface area (TPSA) is 128 Å². The molecule has 72 valence electrons. The third-order valence-corrected chi connectivity index (χ3v) is 3.43. The first-order chi connectivity index (χ1) is 5.35. The molecule has 1 aliphatic rings. The van der Waals surface area contributed by atoms with Gasteiger partial charge in [-0.3, -0.25) is 13.4 Å². The molecule has 0 bridgehead atoms. The molecular weight excluding hydrogens is 260 g/mol. The van der Waals surface area contributed by atoms with E-state index in [2.05, 4.69) is 13.4 Å². The van der Waals surface area contributed by atoms with Gasteiger partial charge in [0.1, 0.15) is 0 Å². The Morgan fingerprint density at radius 3 is 2.14 bits per heavy atom. The molecule has 0 aliphatic carbocycles. The normalized spacial score (nSPS) is 30.9. The summed E-state index contributed by atoms with van der Waals surface area (Å²) in [6.07, 6.45) is -1.19. The van der Waals surface area contributed by atoms with E-state index in [-0.39, 0.29) is 59.1 Å². The quantitative estimate of drug-likeness (QED) is 0.393. The Kier molecular flexibility index (Phi) is 9.07. The molecule has 8 nitrogen and oxygen atoms in total. The monoisotopic (exact) mass is 264 g/mol. The van der Waals surface area contributed by atoms with Crippen molar-refractivity contribution in [1.29, 1.82) is 0 Å². The van der Waals surface area contributed by atoms with E-state index in [1.807, 2.05) is 0 Å². The van der Waals surface area contributed by atoms with Crippen LogP contribution in [0.5, 0.6) is 0 Å². The average molecular weight is 264 g/mol. The van der Waals surface area contributed by atoms with Gasteiger partial charge in [0.25, 0.3) is 0 Å². The van der Waals surface area contributed by atoms with Gasteiger partial charge in [0.15, 0.2) is 0 Å². The Morgan fingerprint density at radius 2 is 1.86 bits per heavy atom. The molecule has 0 saturated carbocycles. The van der Waals surface area contributed by atoms with Crippen LogP contribution in [0.25, 0.3) is 0 Å². The smallest absolute Gasteiger partial charge is 0.789 e. The van der Waals surface area contributed by atoms with Gasteiger partial charge < -0.3 is 19.5 Å². The fourth-order valence-electron chi connectivity index (χ4n) is 0.524. The number of phosphoric ester groups is 1. The molecule has 0 atom stereocenters. The molecule has 0 aromatic heterocycles. The number of phosphoric acid groups is 2. The van der Waals surface area contributed by atoms with Crippen LogP contribution in [0.2, 0.25) is 0 Å². The van der Waals surface area contributed by atoms with Crippen LogP contribution >= 0.6 is 15.6 Å². The molecule has 1 fully saturated rings. The van der Waals surface area contributed by atoms with Crippen LogP contribution in [0.15, 0.2) is 0 Å². The Hall–Kier alpha value is 2.22. The molecule has 0 aromatic carbocycles. The fourth-order valence-corrected chi connectivity index (χ4v) is 2.54. The van der Waals surface area contributed by atoms with Gasteiger partial charge in [0.05, 0.1) is 14.4 Å². The molecule has 1 aliphatic heterocycles. The van der Waals surface area contributed by atoms with Gasteiger partial charge in [-0.1, -0.05) is 0 Å². The third kappa shape index (κ3) is 6.08. The summed E-state index contributed by atoms with van der Waals surface area (Å²) in [5.74, 6) is 0. The van der Waals surface area contributed by atoms with E-state index >= 15 is 0 Å². The second kappa shape index (κ2) is 6.83. The SMILES string of the molecule is O=P([O-])([O-])OP1(=O)OC(CO)O1.[Na+].[Na+]. The second-order valence-corrected chi connectivity index (χ2v) is 4.66. The molecule has 0 amide bonds. The third-order valence-electron chi connectivity index (χ3n) is 0.842. The van der Waals surface area contributed by atoms with E-state index in [9.17, 15) is 18.9 Å². The van der Waals surface area contributed by atoms with Crippen molar-refractivity contribution < 1.29 is 96.5 Å². The van der Waals surface area contributed by atoms with Crippen LogP contribution < -0.4 is 68.9 Å². The Labute approximate surface area is 124 Å². The van der Waals surface area contributed by atoms with Crippen LogP contribution in [0.3, 0.4) is 0 Å². The summed E-state index contributed by atoms with van der Waals surface area (Å²) in [5.41, 5.74) is 0. The van der Waals surface area contributed by atoms with E-state index in [1.54, 1.807) is 0 Å². The molecule has 1 rings (SSSR count). The summed E-state index contributed by atoms with van der Waals surface area (Å²) < 4.78 is 32.3. The molecule has 14 heavy (non-hydrogen) atoms. The van der Waals surface area contributed by atoms with Gasteiger partial charge in [-0.15, -0.1) is 0 Å². The van der Waals surface area contributed by atoms with E-state index < -0.39 is 28.5 Å². The largest absolute Gasteiger partial charge is 1.00 e. The minimum Gasteiger partial charge on any atom is -0.789 e. The van der Waals surface area contributed by atoms with E-state index in [4.69, 9.17) is 5.11 Å². The van der Waals surface area contributed by atoms with Crippen LogP contribution in [0.1, 0.15) is 0 Å². The number of hydrogen-bond donors (Lipinski definition) is 1. The second-order valence-electron chi connectivity index (χ2n) is 1.80. The maximum atomic E-state index is 10.7. The number of aliphatic hydroxyl groups is 1. The van der Waals surface area contributed by atoms with Crippen molar-refractivity contribution in [2.75, 3.05) is 6.61 Å². The first-order valence-electron chi connectivity index (χ1n) is 2.66. The van der Waals surface area contributed by atoms with Gasteiger partial charge in [0.2, 0.25) is 6.29 Å². The molecule has 0 unspecified atom stereocenters. The van der Waals surface area contributed by atoms with Gasteiger partial charge in [-0.05, 0) is 0 Å². The van der Waals surface area contributed by atoms with Crippen molar-refractivity contribution in [2.24, 2.45) is 0 Å². The summed E-state index contributed by atoms with van der Waals surface area (Å²) in [6.45, 7) is -0.602. The molecule has 1 N–H and O–H groups in total. The van der Waals surface area contributed by atoms with Crippen LogP contribution in [-0.4, -0.2) is 18.0 Å². The number of aliphatic hydroxyl groups excluding tert-OH is 1. The maximum absolute atomic E-state index is 10.7. The fraction of sp³-hybridized carbons (Fsp3) is 1.00. The maximum Gasteiger partial charge on any atom is 1.00 e. The molecular formula is C2H4Na2O8P2. The summed E-state index contributed by atoms with van der Waals surface area (Å²) in [4.78, 5) is 19.8. The minimum absolute atomic E-state index is 0. The molecule has 0 spiro atoms. The Balaban J connectivity index is 0. The Bertz CT molecular complexity index is 252. The van der Waals surface area contributed by atoms with Crippen molar-refractivity contribution in [3.63, 3.8) is 0 Å². The zero-order valence-electron chi connectivity index (χ0n) is 7.48. The van der Waals surface area contributed by atoms with Gasteiger partial charge in [-0.25, -0.2) is 4.57 Å². The molecule has 0 aromatic rings. The van der Waals surface area contributed by atoms with Gasteiger partial charge in [0, 0.05) is 0 Å². The first-order valence-corrected chi connectivity index (χ1v) is 5.58. The van der Waals surface area contributed by atoms with Crippen molar-refractivity contribution in [3.05, 3.63) is 0 Å². The minimum atomic E-state index is -5.38. The molecule has 1 heterocycles. The predicted molar refractivity (Wildman–Crippen MR) is 29.3 cm³/mol. The van der Waals surface area contributed by atoms with Crippen molar-refractivity contribution in [3.8, 4) is 0 Å². The summed E-state index contributed by atoms with van der Waals surface area (Å²) >= 11 is 0. The molecule has 0 radical (unpaired) electrons. The van der Waals surface area contributed by atoms with E-state index in [0.29, 0.717) is 0 Å². The van der Waals surface area contributed by atoms with E-state index in [1.165, 1.54) is 0 Å². The average Bonchev–Trinajstić information content (AvgIpc) is 1.78. The van der Waals surface area contributed by atoms with E-state index in [0.717, 1.165) is 0 Å². The summed E-state index contributed by atoms with van der Waals surface area (Å²) in [6, 6.07) is 0. The molecule has 1 saturated heterocycles.